The van der Waals surface area contributed by atoms with E-state index in [9.17, 15) is 0 Å². The third-order valence-electron chi connectivity index (χ3n) is 9.26. The first-order valence-electron chi connectivity index (χ1n) is 14.1. The smallest absolute Gasteiger partial charge is 0.319 e. The predicted molar refractivity (Wildman–Crippen MR) is 154 cm³/mol. The average Bonchev–Trinajstić information content (AvgIpc) is 3.67. The molecule has 3 atom stereocenters. The van der Waals surface area contributed by atoms with Gasteiger partial charge in [0, 0.05) is 42.3 Å². The van der Waals surface area contributed by atoms with Crippen molar-refractivity contribution in [2.24, 2.45) is 0 Å². The molecule has 3 fully saturated rings. The summed E-state index contributed by atoms with van der Waals surface area (Å²) in [6.07, 6.45) is 9.73. The van der Waals surface area contributed by atoms with Gasteiger partial charge in [-0.05, 0) is 70.3 Å². The second-order valence-corrected chi connectivity index (χ2v) is 11.7. The zero-order valence-corrected chi connectivity index (χ0v) is 23.3. The largest absolute Gasteiger partial charge is 0.462 e. The summed E-state index contributed by atoms with van der Waals surface area (Å²) in [5.41, 5.74) is 3.86. The van der Waals surface area contributed by atoms with Gasteiger partial charge in [0.2, 0.25) is 0 Å². The Hall–Kier alpha value is -3.63. The summed E-state index contributed by atoms with van der Waals surface area (Å²) in [6.45, 7) is 11.1. The molecule has 3 aromatic heterocycles. The van der Waals surface area contributed by atoms with Gasteiger partial charge in [0.1, 0.15) is 23.6 Å². The molecule has 0 aliphatic carbocycles. The van der Waals surface area contributed by atoms with Crippen LogP contribution in [0.25, 0.3) is 33.1 Å². The van der Waals surface area contributed by atoms with E-state index in [0.29, 0.717) is 36.4 Å². The Morgan fingerprint density at radius 1 is 1.23 bits per heavy atom. The molecule has 6 heterocycles. The number of fused-ring (bicyclic) bond motifs is 4. The Balaban J connectivity index is 1.38. The fourth-order valence-electron chi connectivity index (χ4n) is 6.80. The van der Waals surface area contributed by atoms with Crippen molar-refractivity contribution in [1.29, 1.82) is 0 Å². The molecule has 0 saturated carbocycles. The summed E-state index contributed by atoms with van der Waals surface area (Å²) < 4.78 is 22.8. The van der Waals surface area contributed by atoms with Crippen LogP contribution >= 0.6 is 0 Å². The van der Waals surface area contributed by atoms with Gasteiger partial charge in [0.25, 0.3) is 0 Å². The van der Waals surface area contributed by atoms with E-state index in [2.05, 4.69) is 43.9 Å². The number of nitrogens with one attached hydrogen (secondary N) is 2. The van der Waals surface area contributed by atoms with Crippen molar-refractivity contribution in [3.63, 3.8) is 0 Å². The summed E-state index contributed by atoms with van der Waals surface area (Å²) in [5.74, 6) is 0.184. The number of aryl methyl sites for hydroxylation is 1. The van der Waals surface area contributed by atoms with Gasteiger partial charge in [-0.15, -0.1) is 6.58 Å². The number of anilines is 1. The quantitative estimate of drug-likeness (QED) is 0.349. The SMILES string of the molecule is C=CC12CCC(CN(c3nc(OCC4CCCN4C)nc4c(F)c(-c5c(C)c(C)cc6[nH]ncc56)ncc34)C1)N2. The van der Waals surface area contributed by atoms with E-state index < -0.39 is 5.82 Å². The monoisotopic (exact) mass is 542 g/mol. The molecule has 3 unspecified atom stereocenters. The highest BCUT2D eigenvalue weighted by molar-refractivity contribution is 5.99. The standard InChI is InChI=1S/C30H35FN8O/c1-5-30-9-8-19(36-30)14-39(16-30)28-22-12-32-27(24-18(3)17(2)11-23-21(24)13-33-37-23)25(31)26(22)34-29(35-28)40-15-20-7-6-10-38(20)4/h5,11-13,19-20,36H,1,6-10,14-16H2,2-4H3,(H,33,37). The molecule has 4 aromatic rings. The summed E-state index contributed by atoms with van der Waals surface area (Å²) in [4.78, 5) is 18.8. The zero-order valence-electron chi connectivity index (χ0n) is 23.3. The number of rotatable bonds is 6. The molecule has 3 aliphatic heterocycles. The van der Waals surface area contributed by atoms with Crippen LogP contribution in [0.3, 0.4) is 0 Å². The van der Waals surface area contributed by atoms with Crippen LogP contribution < -0.4 is 15.0 Å². The normalized spacial score (nSPS) is 24.9. The van der Waals surface area contributed by atoms with Crippen LogP contribution in [-0.2, 0) is 0 Å². The van der Waals surface area contributed by atoms with Crippen molar-refractivity contribution in [2.45, 2.75) is 57.2 Å². The molecule has 0 spiro atoms. The van der Waals surface area contributed by atoms with Gasteiger partial charge >= 0.3 is 6.01 Å². The lowest BCUT2D eigenvalue weighted by molar-refractivity contribution is 0.188. The molecule has 3 aliphatic rings. The van der Waals surface area contributed by atoms with Crippen LogP contribution in [0, 0.1) is 19.7 Å². The number of ether oxygens (including phenoxy) is 1. The van der Waals surface area contributed by atoms with Crippen molar-refractivity contribution >= 4 is 27.6 Å². The highest BCUT2D eigenvalue weighted by Crippen LogP contribution is 2.39. The molecule has 2 bridgehead atoms. The van der Waals surface area contributed by atoms with Gasteiger partial charge in [-0.3, -0.25) is 10.1 Å². The fourth-order valence-corrected chi connectivity index (χ4v) is 6.80. The Labute approximate surface area is 232 Å². The number of aromatic amines is 1. The van der Waals surface area contributed by atoms with Crippen molar-refractivity contribution < 1.29 is 9.13 Å². The first-order chi connectivity index (χ1) is 19.4. The topological polar surface area (TPSA) is 95.1 Å². The second-order valence-electron chi connectivity index (χ2n) is 11.7. The number of halogens is 1. The number of hydrogen-bond acceptors (Lipinski definition) is 8. The van der Waals surface area contributed by atoms with E-state index in [-0.39, 0.29) is 22.8 Å². The van der Waals surface area contributed by atoms with Crippen LogP contribution in [0.5, 0.6) is 6.01 Å². The van der Waals surface area contributed by atoms with E-state index in [1.165, 1.54) is 0 Å². The van der Waals surface area contributed by atoms with Crippen LogP contribution in [0.4, 0.5) is 10.2 Å². The third-order valence-corrected chi connectivity index (χ3v) is 9.26. The van der Waals surface area contributed by atoms with E-state index in [0.717, 1.165) is 66.4 Å². The predicted octanol–water partition coefficient (Wildman–Crippen LogP) is 4.29. The van der Waals surface area contributed by atoms with Gasteiger partial charge in [0.15, 0.2) is 5.82 Å². The molecular formula is C30H35FN8O. The summed E-state index contributed by atoms with van der Waals surface area (Å²) in [7, 11) is 2.11. The van der Waals surface area contributed by atoms with Crippen LogP contribution in [0.1, 0.15) is 36.8 Å². The van der Waals surface area contributed by atoms with Gasteiger partial charge in [0.05, 0.1) is 22.6 Å². The molecule has 7 rings (SSSR count). The maximum absolute atomic E-state index is 16.6. The number of piperazine rings is 1. The highest BCUT2D eigenvalue weighted by Gasteiger charge is 2.43. The van der Waals surface area contributed by atoms with E-state index in [1.807, 2.05) is 26.0 Å². The number of H-pyrrole nitrogens is 1. The highest BCUT2D eigenvalue weighted by atomic mass is 19.1. The minimum atomic E-state index is -0.475. The summed E-state index contributed by atoms with van der Waals surface area (Å²) in [6, 6.07) is 2.84. The first-order valence-corrected chi connectivity index (χ1v) is 14.1. The van der Waals surface area contributed by atoms with Gasteiger partial charge in [-0.1, -0.05) is 6.08 Å². The first kappa shape index (κ1) is 25.3. The van der Waals surface area contributed by atoms with Crippen molar-refractivity contribution in [2.75, 3.05) is 38.2 Å². The van der Waals surface area contributed by atoms with Gasteiger partial charge in [-0.2, -0.15) is 15.1 Å². The zero-order chi connectivity index (χ0) is 27.6. The second kappa shape index (κ2) is 9.49. The summed E-state index contributed by atoms with van der Waals surface area (Å²) >= 11 is 0. The van der Waals surface area contributed by atoms with Gasteiger partial charge in [-0.25, -0.2) is 4.39 Å². The number of aromatic nitrogens is 5. The van der Waals surface area contributed by atoms with Crippen molar-refractivity contribution in [3.8, 4) is 17.3 Å². The van der Waals surface area contributed by atoms with Crippen LogP contribution in [0.15, 0.2) is 31.1 Å². The Bertz CT molecular complexity index is 1640. The minimum Gasteiger partial charge on any atom is -0.462 e. The maximum atomic E-state index is 16.6. The molecule has 3 saturated heterocycles. The molecule has 9 nitrogen and oxygen atoms in total. The number of hydrogen-bond donors (Lipinski definition) is 2. The summed E-state index contributed by atoms with van der Waals surface area (Å²) in [5, 5.41) is 12.3. The van der Waals surface area contributed by atoms with E-state index >= 15 is 4.39 Å². The van der Waals surface area contributed by atoms with E-state index in [1.54, 1.807) is 12.4 Å². The number of likely N-dealkylation sites (N-methyl/N-ethyl adjacent to an activating group) is 1. The van der Waals surface area contributed by atoms with Crippen LogP contribution in [-0.4, -0.2) is 81.0 Å². The third kappa shape index (κ3) is 4.04. The molecule has 40 heavy (non-hydrogen) atoms. The number of likely N-dealkylation sites (tertiary alicyclic amines) is 1. The van der Waals surface area contributed by atoms with Gasteiger partial charge < -0.3 is 19.9 Å². The average molecular weight is 543 g/mol. The lowest BCUT2D eigenvalue weighted by atomic mass is 9.95. The fraction of sp³-hybridized carbons (Fsp3) is 0.467. The number of benzene rings is 1. The lowest BCUT2D eigenvalue weighted by Crippen LogP contribution is -2.58. The molecule has 0 radical (unpaired) electrons. The maximum Gasteiger partial charge on any atom is 0.319 e. The Morgan fingerprint density at radius 3 is 2.90 bits per heavy atom. The Kier molecular flexibility index (Phi) is 6.01. The van der Waals surface area contributed by atoms with E-state index in [4.69, 9.17) is 14.7 Å². The molecule has 0 amide bonds. The molecule has 208 valence electrons. The van der Waals surface area contributed by atoms with Crippen molar-refractivity contribution in [1.82, 2.24) is 35.4 Å². The molecule has 1 aromatic carbocycles. The molecule has 10 heteroatoms. The van der Waals surface area contributed by atoms with Crippen molar-refractivity contribution in [3.05, 3.63) is 48.1 Å². The molecule has 2 N–H and O–H groups in total. The Morgan fingerprint density at radius 2 is 2.10 bits per heavy atom. The number of pyridine rings is 1. The molecular weight excluding hydrogens is 507 g/mol. The lowest BCUT2D eigenvalue weighted by Gasteiger charge is -2.40. The van der Waals surface area contributed by atoms with Crippen LogP contribution in [0.2, 0.25) is 0 Å². The number of nitrogens with zero attached hydrogens (tertiary/aromatic N) is 6. The minimum absolute atomic E-state index is 0.189.